The van der Waals surface area contributed by atoms with Gasteiger partial charge in [-0.25, -0.2) is 0 Å². The Balaban J connectivity index is 3.00. The third-order valence-corrected chi connectivity index (χ3v) is 2.79. The first kappa shape index (κ1) is 15.8. The molecule has 0 aliphatic carbocycles. The minimum Gasteiger partial charge on any atom is -0.389 e. The summed E-state index contributed by atoms with van der Waals surface area (Å²) in [6.07, 6.45) is 0. The van der Waals surface area contributed by atoms with Crippen LogP contribution >= 0.6 is 11.6 Å². The summed E-state index contributed by atoms with van der Waals surface area (Å²) in [5.41, 5.74) is 0.335. The van der Waals surface area contributed by atoms with Crippen LogP contribution in [0.25, 0.3) is 0 Å². The Hall–Kier alpha value is -1.26. The van der Waals surface area contributed by atoms with Crippen molar-refractivity contribution in [1.29, 1.82) is 0 Å². The number of nitrogens with zero attached hydrogens (tertiary/aromatic N) is 1. The molecule has 1 amide bonds. The molecule has 0 unspecified atom stereocenters. The average Bonchev–Trinajstić information content (AvgIpc) is 2.28. The van der Waals surface area contributed by atoms with Gasteiger partial charge in [-0.1, -0.05) is 11.6 Å². The second kappa shape index (κ2) is 6.26. The molecule has 0 aromatic heterocycles. The topological polar surface area (TPSA) is 52.6 Å². The first-order valence-corrected chi connectivity index (χ1v) is 6.63. The van der Waals surface area contributed by atoms with Crippen molar-refractivity contribution in [2.24, 2.45) is 0 Å². The summed E-state index contributed by atoms with van der Waals surface area (Å²) in [5.74, 6) is -0.166. The molecule has 19 heavy (non-hydrogen) atoms. The molecule has 0 saturated carbocycles. The van der Waals surface area contributed by atoms with Crippen LogP contribution in [0.2, 0.25) is 5.02 Å². The monoisotopic (exact) mass is 284 g/mol. The number of aliphatic hydroxyl groups is 1. The minimum atomic E-state index is -0.929. The maximum atomic E-state index is 12.4. The maximum absolute atomic E-state index is 12.4. The molecule has 0 aliphatic heterocycles. The van der Waals surface area contributed by atoms with Gasteiger partial charge in [0, 0.05) is 30.8 Å². The van der Waals surface area contributed by atoms with E-state index < -0.39 is 5.60 Å². The Morgan fingerprint density at radius 1 is 1.47 bits per heavy atom. The number of halogens is 1. The average molecular weight is 285 g/mol. The summed E-state index contributed by atoms with van der Waals surface area (Å²) in [6.45, 7) is 6.27. The summed E-state index contributed by atoms with van der Waals surface area (Å²) in [7, 11) is 1.66. The van der Waals surface area contributed by atoms with E-state index in [4.69, 9.17) is 11.6 Å². The van der Waals surface area contributed by atoms with Gasteiger partial charge in [-0.05, 0) is 39.0 Å². The fourth-order valence-electron chi connectivity index (χ4n) is 1.90. The smallest absolute Gasteiger partial charge is 0.255 e. The van der Waals surface area contributed by atoms with Crippen molar-refractivity contribution >= 4 is 23.2 Å². The highest BCUT2D eigenvalue weighted by molar-refractivity contribution is 6.31. The van der Waals surface area contributed by atoms with Crippen molar-refractivity contribution in [2.75, 3.05) is 25.5 Å². The number of rotatable bonds is 5. The van der Waals surface area contributed by atoms with Crippen molar-refractivity contribution in [3.05, 3.63) is 28.8 Å². The largest absolute Gasteiger partial charge is 0.389 e. The molecule has 0 heterocycles. The lowest BCUT2D eigenvalue weighted by molar-refractivity contribution is 0.0368. The van der Waals surface area contributed by atoms with Crippen molar-refractivity contribution in [1.82, 2.24) is 4.90 Å². The third kappa shape index (κ3) is 4.73. The van der Waals surface area contributed by atoms with Crippen LogP contribution in [0.4, 0.5) is 5.69 Å². The first-order valence-electron chi connectivity index (χ1n) is 6.26. The van der Waals surface area contributed by atoms with Crippen molar-refractivity contribution in [3.8, 4) is 0 Å². The molecule has 1 aromatic carbocycles. The van der Waals surface area contributed by atoms with Crippen LogP contribution in [0.3, 0.4) is 0 Å². The Kier molecular flexibility index (Phi) is 5.20. The summed E-state index contributed by atoms with van der Waals surface area (Å²) in [5, 5.41) is 13.4. The Bertz CT molecular complexity index is 455. The van der Waals surface area contributed by atoms with Crippen LogP contribution < -0.4 is 5.32 Å². The van der Waals surface area contributed by atoms with Gasteiger partial charge >= 0.3 is 0 Å². The van der Waals surface area contributed by atoms with Gasteiger partial charge in [-0.3, -0.25) is 4.79 Å². The molecule has 2 N–H and O–H groups in total. The minimum absolute atomic E-state index is 0.166. The number of benzene rings is 1. The molecule has 5 heteroatoms. The van der Waals surface area contributed by atoms with Gasteiger partial charge in [0.2, 0.25) is 0 Å². The number of hydrogen-bond acceptors (Lipinski definition) is 3. The zero-order chi connectivity index (χ0) is 14.6. The molecule has 0 saturated heterocycles. The quantitative estimate of drug-likeness (QED) is 0.874. The molecule has 0 bridgehead atoms. The van der Waals surface area contributed by atoms with Gasteiger partial charge in [-0.15, -0.1) is 0 Å². The van der Waals surface area contributed by atoms with Crippen LogP contribution in [0.5, 0.6) is 0 Å². The number of amides is 1. The van der Waals surface area contributed by atoms with Crippen molar-refractivity contribution in [2.45, 2.75) is 26.4 Å². The van der Waals surface area contributed by atoms with E-state index >= 15 is 0 Å². The van der Waals surface area contributed by atoms with E-state index in [0.29, 0.717) is 10.6 Å². The van der Waals surface area contributed by atoms with Gasteiger partial charge in [0.1, 0.15) is 0 Å². The first-order chi connectivity index (χ1) is 8.74. The zero-order valence-corrected chi connectivity index (χ0v) is 12.6. The van der Waals surface area contributed by atoms with E-state index in [9.17, 15) is 9.90 Å². The number of anilines is 1. The fraction of sp³-hybridized carbons (Fsp3) is 0.500. The van der Waals surface area contributed by atoms with Crippen LogP contribution in [-0.2, 0) is 0 Å². The third-order valence-electron chi connectivity index (χ3n) is 2.55. The predicted octanol–water partition coefficient (Wildman–Crippen LogP) is 2.61. The van der Waals surface area contributed by atoms with Gasteiger partial charge in [-0.2, -0.15) is 0 Å². The summed E-state index contributed by atoms with van der Waals surface area (Å²) < 4.78 is 0. The molecule has 0 aliphatic rings. The van der Waals surface area contributed by atoms with Crippen LogP contribution in [0.1, 0.15) is 31.1 Å². The Morgan fingerprint density at radius 3 is 2.63 bits per heavy atom. The summed E-state index contributed by atoms with van der Waals surface area (Å²) >= 11 is 5.95. The highest BCUT2D eigenvalue weighted by atomic mass is 35.5. The summed E-state index contributed by atoms with van der Waals surface area (Å²) in [4.78, 5) is 13.9. The molecule has 106 valence electrons. The number of nitrogens with one attached hydrogen (secondary N) is 1. The predicted molar refractivity (Wildman–Crippen MR) is 78.9 cm³/mol. The number of carbonyl (C=O) groups excluding carboxylic acids is 1. The molecular weight excluding hydrogens is 264 g/mol. The maximum Gasteiger partial charge on any atom is 0.255 e. The molecule has 0 fully saturated rings. The second-order valence-electron chi connectivity index (χ2n) is 5.19. The van der Waals surface area contributed by atoms with Gasteiger partial charge in [0.25, 0.3) is 5.91 Å². The van der Waals surface area contributed by atoms with E-state index in [1.54, 1.807) is 39.1 Å². The number of likely N-dealkylation sites (N-methyl/N-ethyl adjacent to an activating group) is 1. The zero-order valence-electron chi connectivity index (χ0n) is 11.8. The standard InChI is InChI=1S/C14H21ClN2O2/c1-5-16-12-7-6-10(15)8-11(12)13(18)17(4)9-14(2,3)19/h6-8,16,19H,5,9H2,1-4H3. The van der Waals surface area contributed by atoms with Crippen molar-refractivity contribution < 1.29 is 9.90 Å². The van der Waals surface area contributed by atoms with E-state index in [1.165, 1.54) is 4.90 Å². The van der Waals surface area contributed by atoms with Gasteiger partial charge in [0.15, 0.2) is 0 Å². The molecule has 1 aromatic rings. The van der Waals surface area contributed by atoms with Crippen LogP contribution in [0, 0.1) is 0 Å². The molecule has 4 nitrogen and oxygen atoms in total. The molecule has 0 radical (unpaired) electrons. The lowest BCUT2D eigenvalue weighted by atomic mass is 10.1. The second-order valence-corrected chi connectivity index (χ2v) is 5.63. The fourth-order valence-corrected chi connectivity index (χ4v) is 2.07. The SMILES string of the molecule is CCNc1ccc(Cl)cc1C(=O)N(C)CC(C)(C)O. The Morgan fingerprint density at radius 2 is 2.11 bits per heavy atom. The number of carbonyl (C=O) groups is 1. The summed E-state index contributed by atoms with van der Waals surface area (Å²) in [6, 6.07) is 5.17. The van der Waals surface area contributed by atoms with Crippen LogP contribution in [0.15, 0.2) is 18.2 Å². The van der Waals surface area contributed by atoms with Gasteiger partial charge < -0.3 is 15.3 Å². The molecule has 0 atom stereocenters. The Labute approximate surface area is 119 Å². The van der Waals surface area contributed by atoms with Crippen molar-refractivity contribution in [3.63, 3.8) is 0 Å². The lowest BCUT2D eigenvalue weighted by Crippen LogP contribution is -2.39. The molecular formula is C14H21ClN2O2. The van der Waals surface area contributed by atoms with Crippen LogP contribution in [-0.4, -0.2) is 41.7 Å². The highest BCUT2D eigenvalue weighted by Crippen LogP contribution is 2.22. The normalized spacial score (nSPS) is 11.3. The van der Waals surface area contributed by atoms with E-state index in [1.807, 2.05) is 6.92 Å². The molecule has 0 spiro atoms. The van der Waals surface area contributed by atoms with E-state index in [0.717, 1.165) is 12.2 Å². The highest BCUT2D eigenvalue weighted by Gasteiger charge is 2.22. The lowest BCUT2D eigenvalue weighted by Gasteiger charge is -2.26. The van der Waals surface area contributed by atoms with Gasteiger partial charge in [0.05, 0.1) is 11.2 Å². The van der Waals surface area contributed by atoms with E-state index in [-0.39, 0.29) is 12.5 Å². The van der Waals surface area contributed by atoms with E-state index in [2.05, 4.69) is 5.32 Å². The number of hydrogen-bond donors (Lipinski definition) is 2. The molecule has 1 rings (SSSR count).